The Kier molecular flexibility index (Phi) is 8.38. The summed E-state index contributed by atoms with van der Waals surface area (Å²) in [5.41, 5.74) is 6.24. The molecule has 1 aliphatic heterocycles. The van der Waals surface area contributed by atoms with Crippen LogP contribution in [0.2, 0.25) is 0 Å². The van der Waals surface area contributed by atoms with Gasteiger partial charge in [-0.05, 0) is 49.1 Å². The molecular formula is C28H31N3O8. The van der Waals surface area contributed by atoms with E-state index in [4.69, 9.17) is 24.4 Å². The van der Waals surface area contributed by atoms with Crippen LogP contribution in [-0.2, 0) is 14.4 Å². The summed E-state index contributed by atoms with van der Waals surface area (Å²) in [6, 6.07) is 9.15. The molecule has 0 spiro atoms. The number of nitrogens with two attached hydrogens (primary N) is 1. The number of carbonyl (C=O) groups is 3. The molecule has 0 fully saturated rings. The lowest BCUT2D eigenvalue weighted by molar-refractivity contribution is -0.131. The van der Waals surface area contributed by atoms with Crippen molar-refractivity contribution < 1.29 is 33.0 Å². The first-order chi connectivity index (χ1) is 18.6. The van der Waals surface area contributed by atoms with Gasteiger partial charge in [0.1, 0.15) is 36.3 Å². The van der Waals surface area contributed by atoms with Gasteiger partial charge in [0.25, 0.3) is 5.91 Å². The molecule has 2 heterocycles. The Morgan fingerprint density at radius 2 is 1.79 bits per heavy atom. The fourth-order valence-electron chi connectivity index (χ4n) is 4.29. The molecule has 1 aliphatic rings. The summed E-state index contributed by atoms with van der Waals surface area (Å²) in [4.78, 5) is 49.2. The molecular weight excluding hydrogens is 506 g/mol. The van der Waals surface area contributed by atoms with Crippen molar-refractivity contribution in [2.75, 3.05) is 26.4 Å². The number of carbonyl (C=O) groups excluding carboxylic acids is 3. The maximum absolute atomic E-state index is 13.4. The Morgan fingerprint density at radius 3 is 2.51 bits per heavy atom. The Balaban J connectivity index is 1.47. The molecule has 206 valence electrons. The van der Waals surface area contributed by atoms with Crippen LogP contribution in [0, 0.1) is 12.8 Å². The van der Waals surface area contributed by atoms with E-state index in [2.05, 4.69) is 10.6 Å². The second kappa shape index (κ2) is 11.9. The van der Waals surface area contributed by atoms with Gasteiger partial charge in [-0.3, -0.25) is 19.2 Å². The van der Waals surface area contributed by atoms with E-state index in [9.17, 15) is 19.2 Å². The molecule has 3 amide bonds. The zero-order valence-corrected chi connectivity index (χ0v) is 22.0. The highest BCUT2D eigenvalue weighted by molar-refractivity contribution is 5.90. The average molecular weight is 538 g/mol. The largest absolute Gasteiger partial charge is 0.486 e. The summed E-state index contributed by atoms with van der Waals surface area (Å²) in [7, 11) is 0. The quantitative estimate of drug-likeness (QED) is 0.354. The summed E-state index contributed by atoms with van der Waals surface area (Å²) in [6.45, 7) is 5.72. The van der Waals surface area contributed by atoms with Gasteiger partial charge >= 0.3 is 0 Å². The molecule has 0 aliphatic carbocycles. The maximum atomic E-state index is 13.4. The van der Waals surface area contributed by atoms with E-state index < -0.39 is 23.8 Å². The number of aryl methyl sites for hydroxylation is 1. The van der Waals surface area contributed by atoms with Crippen LogP contribution in [0.25, 0.3) is 22.1 Å². The summed E-state index contributed by atoms with van der Waals surface area (Å²) in [6.07, 6.45) is 0.364. The van der Waals surface area contributed by atoms with E-state index >= 15 is 0 Å². The third-order valence-electron chi connectivity index (χ3n) is 6.04. The van der Waals surface area contributed by atoms with Crippen molar-refractivity contribution in [2.24, 2.45) is 11.7 Å². The minimum absolute atomic E-state index is 0.106. The van der Waals surface area contributed by atoms with Gasteiger partial charge in [-0.2, -0.15) is 0 Å². The lowest BCUT2D eigenvalue weighted by atomic mass is 10.0. The number of fused-ring (bicyclic) bond motifs is 2. The van der Waals surface area contributed by atoms with Crippen molar-refractivity contribution in [2.45, 2.75) is 33.2 Å². The highest BCUT2D eigenvalue weighted by atomic mass is 16.6. The van der Waals surface area contributed by atoms with Gasteiger partial charge in [-0.1, -0.05) is 19.9 Å². The van der Waals surface area contributed by atoms with Crippen LogP contribution in [0.15, 0.2) is 45.6 Å². The molecule has 0 radical (unpaired) electrons. The maximum Gasteiger partial charge on any atom is 0.258 e. The fourth-order valence-corrected chi connectivity index (χ4v) is 4.29. The first kappa shape index (κ1) is 27.5. The Bertz CT molecular complexity index is 1460. The molecule has 1 aromatic heterocycles. The smallest absolute Gasteiger partial charge is 0.258 e. The number of ether oxygens (including phenoxy) is 3. The van der Waals surface area contributed by atoms with Gasteiger partial charge in [0, 0.05) is 6.07 Å². The van der Waals surface area contributed by atoms with E-state index in [0.717, 1.165) is 0 Å². The molecule has 2 aromatic carbocycles. The van der Waals surface area contributed by atoms with Gasteiger partial charge in [-0.25, -0.2) is 0 Å². The second-order valence-corrected chi connectivity index (χ2v) is 9.60. The highest BCUT2D eigenvalue weighted by Crippen LogP contribution is 2.35. The SMILES string of the molecule is Cc1oc2cc(OCC(=O)N[C@@H](CC(C)C)C(=O)NCC(N)=O)ccc2c(=O)c1-c1ccc2c(c1)OCCO2. The summed E-state index contributed by atoms with van der Waals surface area (Å²) < 4.78 is 22.8. The zero-order valence-electron chi connectivity index (χ0n) is 22.0. The van der Waals surface area contributed by atoms with Gasteiger partial charge in [0.05, 0.1) is 17.5 Å². The Morgan fingerprint density at radius 1 is 1.05 bits per heavy atom. The molecule has 4 N–H and O–H groups in total. The molecule has 1 atom stereocenters. The molecule has 39 heavy (non-hydrogen) atoms. The molecule has 0 saturated heterocycles. The number of nitrogens with one attached hydrogen (secondary N) is 2. The minimum Gasteiger partial charge on any atom is -0.486 e. The van der Waals surface area contributed by atoms with Crippen LogP contribution in [0.4, 0.5) is 0 Å². The number of hydrogen-bond acceptors (Lipinski definition) is 8. The number of primary amides is 1. The van der Waals surface area contributed by atoms with Crippen LogP contribution in [-0.4, -0.2) is 50.1 Å². The van der Waals surface area contributed by atoms with Gasteiger partial charge in [0.2, 0.25) is 17.2 Å². The van der Waals surface area contributed by atoms with Crippen molar-refractivity contribution in [3.05, 3.63) is 52.4 Å². The Hall–Kier alpha value is -4.54. The minimum atomic E-state index is -0.850. The molecule has 0 saturated carbocycles. The summed E-state index contributed by atoms with van der Waals surface area (Å²) in [5.74, 6) is 0.311. The fraction of sp³-hybridized carbons (Fsp3) is 0.357. The van der Waals surface area contributed by atoms with Crippen LogP contribution in [0.3, 0.4) is 0 Å². The van der Waals surface area contributed by atoms with Gasteiger partial charge < -0.3 is 35.0 Å². The monoisotopic (exact) mass is 537 g/mol. The van der Waals surface area contributed by atoms with Crippen LogP contribution in [0.1, 0.15) is 26.0 Å². The van der Waals surface area contributed by atoms with Crippen LogP contribution in [0.5, 0.6) is 17.2 Å². The van der Waals surface area contributed by atoms with Crippen molar-refractivity contribution in [3.8, 4) is 28.4 Å². The van der Waals surface area contributed by atoms with Crippen molar-refractivity contribution in [1.29, 1.82) is 0 Å². The highest BCUT2D eigenvalue weighted by Gasteiger charge is 2.23. The normalized spacial score (nSPS) is 13.1. The van der Waals surface area contributed by atoms with E-state index in [1.807, 2.05) is 13.8 Å². The lowest BCUT2D eigenvalue weighted by Crippen LogP contribution is -2.50. The van der Waals surface area contributed by atoms with Gasteiger partial charge in [0.15, 0.2) is 18.1 Å². The summed E-state index contributed by atoms with van der Waals surface area (Å²) >= 11 is 0. The standard InChI is InChI=1S/C28H31N3O8/c1-15(2)10-20(28(35)30-13-24(29)32)31-25(33)14-38-18-5-6-19-22(12-18)39-16(3)26(27(19)34)17-4-7-21-23(11-17)37-9-8-36-21/h4-7,11-12,15,20H,8-10,13-14H2,1-3H3,(H2,29,32)(H,30,35)(H,31,33)/t20-/m0/s1. The second-order valence-electron chi connectivity index (χ2n) is 9.60. The molecule has 4 rings (SSSR count). The lowest BCUT2D eigenvalue weighted by Gasteiger charge is -2.20. The number of rotatable bonds is 10. The van der Waals surface area contributed by atoms with E-state index in [1.54, 1.807) is 37.3 Å². The number of benzene rings is 2. The van der Waals surface area contributed by atoms with Crippen molar-refractivity contribution in [1.82, 2.24) is 10.6 Å². The van der Waals surface area contributed by atoms with Crippen LogP contribution >= 0.6 is 0 Å². The predicted octanol–water partition coefficient (Wildman–Crippen LogP) is 2.05. The van der Waals surface area contributed by atoms with E-state index in [-0.39, 0.29) is 24.5 Å². The molecule has 11 nitrogen and oxygen atoms in total. The Labute approximate surface area is 224 Å². The topological polar surface area (TPSA) is 159 Å². The third-order valence-corrected chi connectivity index (χ3v) is 6.04. The van der Waals surface area contributed by atoms with E-state index in [1.165, 1.54) is 6.07 Å². The van der Waals surface area contributed by atoms with Crippen molar-refractivity contribution >= 4 is 28.7 Å². The first-order valence-corrected chi connectivity index (χ1v) is 12.6. The number of hydrogen-bond donors (Lipinski definition) is 3. The molecule has 3 aromatic rings. The third kappa shape index (κ3) is 6.67. The molecule has 0 bridgehead atoms. The van der Waals surface area contributed by atoms with Crippen molar-refractivity contribution in [3.63, 3.8) is 0 Å². The predicted molar refractivity (Wildman–Crippen MR) is 143 cm³/mol. The van der Waals surface area contributed by atoms with Gasteiger partial charge in [-0.15, -0.1) is 0 Å². The first-order valence-electron chi connectivity index (χ1n) is 12.6. The summed E-state index contributed by atoms with van der Waals surface area (Å²) in [5, 5.41) is 5.38. The van der Waals surface area contributed by atoms with Crippen LogP contribution < -0.4 is 36.0 Å². The average Bonchev–Trinajstić information content (AvgIpc) is 2.89. The zero-order chi connectivity index (χ0) is 28.1. The van der Waals surface area contributed by atoms with E-state index in [0.29, 0.717) is 64.7 Å². The number of amides is 3. The molecule has 11 heteroatoms. The molecule has 0 unspecified atom stereocenters.